The van der Waals surface area contributed by atoms with Crippen LogP contribution < -0.4 is 15.5 Å². The summed E-state index contributed by atoms with van der Waals surface area (Å²) >= 11 is 0. The molecule has 0 aliphatic rings. The molecule has 4 N–H and O–H groups in total. The summed E-state index contributed by atoms with van der Waals surface area (Å²) in [6.07, 6.45) is 1.28. The molecule has 0 saturated heterocycles. The van der Waals surface area contributed by atoms with Gasteiger partial charge in [-0.3, -0.25) is 9.69 Å². The number of aromatic amines is 2. The topological polar surface area (TPSA) is 132 Å². The number of nitrogens with zero attached hydrogens (tertiary/aromatic N) is 4. The maximum atomic E-state index is 13.5. The first kappa shape index (κ1) is 25.4. The monoisotopic (exact) mass is 534 g/mol. The Morgan fingerprint density at radius 3 is 2.51 bits per heavy atom. The van der Waals surface area contributed by atoms with E-state index in [-0.39, 0.29) is 22.6 Å². The summed E-state index contributed by atoms with van der Waals surface area (Å²) in [6, 6.07) is 9.00. The number of imidazole rings is 1. The zero-order valence-electron chi connectivity index (χ0n) is 20.6. The van der Waals surface area contributed by atoms with Crippen LogP contribution in [-0.2, 0) is 6.18 Å². The van der Waals surface area contributed by atoms with Crippen LogP contribution in [-0.4, -0.2) is 43.9 Å². The Hall–Kier alpha value is -5.20. The molecule has 5 rings (SSSR count). The van der Waals surface area contributed by atoms with E-state index in [1.54, 1.807) is 32.3 Å². The van der Waals surface area contributed by atoms with Crippen molar-refractivity contribution in [2.45, 2.75) is 13.1 Å². The maximum absolute atomic E-state index is 13.5. The number of carbonyl (C=O) groups excluding carboxylic acids is 2. The van der Waals surface area contributed by atoms with E-state index in [0.717, 1.165) is 12.1 Å². The minimum atomic E-state index is -4.63. The maximum Gasteiger partial charge on any atom is 0.416 e. The first-order chi connectivity index (χ1) is 18.6. The van der Waals surface area contributed by atoms with E-state index >= 15 is 0 Å². The Morgan fingerprint density at radius 2 is 1.77 bits per heavy atom. The van der Waals surface area contributed by atoms with Gasteiger partial charge in [-0.2, -0.15) is 13.2 Å². The number of halogens is 3. The summed E-state index contributed by atoms with van der Waals surface area (Å²) in [6.45, 7) is 1.74. The van der Waals surface area contributed by atoms with Crippen LogP contribution in [0.25, 0.3) is 22.4 Å². The summed E-state index contributed by atoms with van der Waals surface area (Å²) in [7, 11) is 1.54. The fourth-order valence-electron chi connectivity index (χ4n) is 3.95. The number of rotatable bonds is 5. The highest BCUT2D eigenvalue weighted by molar-refractivity contribution is 6.08. The molecule has 5 aromatic rings. The highest BCUT2D eigenvalue weighted by atomic mass is 19.4. The SMILES string of the molecule is Cc1ccc(C(=O)Nc2cc(-c3ncc[nH]3)cc(C(F)(F)F)c2)cc1NC(=O)N(C)c1ncnc2[nH]ccc12. The average Bonchev–Trinajstić information content (AvgIpc) is 3.61. The minimum Gasteiger partial charge on any atom is -0.346 e. The largest absolute Gasteiger partial charge is 0.416 e. The van der Waals surface area contributed by atoms with Gasteiger partial charge in [-0.15, -0.1) is 0 Å². The zero-order valence-corrected chi connectivity index (χ0v) is 20.6. The molecule has 13 heteroatoms. The quantitative estimate of drug-likeness (QED) is 0.233. The van der Waals surface area contributed by atoms with Crippen LogP contribution in [0.5, 0.6) is 0 Å². The van der Waals surface area contributed by atoms with Crippen molar-refractivity contribution in [1.82, 2.24) is 24.9 Å². The van der Waals surface area contributed by atoms with Gasteiger partial charge in [0.25, 0.3) is 5.91 Å². The van der Waals surface area contributed by atoms with Crippen LogP contribution in [0.15, 0.2) is 67.4 Å². The molecule has 0 spiro atoms. The predicted octanol–water partition coefficient (Wildman–Crippen LogP) is 5.60. The smallest absolute Gasteiger partial charge is 0.346 e. The van der Waals surface area contributed by atoms with Gasteiger partial charge in [0.2, 0.25) is 0 Å². The van der Waals surface area contributed by atoms with E-state index in [4.69, 9.17) is 0 Å². The van der Waals surface area contributed by atoms with E-state index in [1.807, 2.05) is 0 Å². The number of aromatic nitrogens is 5. The lowest BCUT2D eigenvalue weighted by Crippen LogP contribution is -2.32. The van der Waals surface area contributed by atoms with Crippen LogP contribution in [0, 0.1) is 6.92 Å². The van der Waals surface area contributed by atoms with E-state index < -0.39 is 23.7 Å². The molecular formula is C26H21F3N8O2. The highest BCUT2D eigenvalue weighted by Gasteiger charge is 2.32. The van der Waals surface area contributed by atoms with E-state index in [0.29, 0.717) is 28.1 Å². The summed E-state index contributed by atoms with van der Waals surface area (Å²) in [4.78, 5) is 45.4. The third-order valence-corrected chi connectivity index (χ3v) is 5.99. The first-order valence-electron chi connectivity index (χ1n) is 11.6. The molecule has 0 bridgehead atoms. The molecule has 3 heterocycles. The highest BCUT2D eigenvalue weighted by Crippen LogP contribution is 2.34. The van der Waals surface area contributed by atoms with Crippen molar-refractivity contribution in [2.75, 3.05) is 22.6 Å². The Bertz CT molecular complexity index is 1680. The van der Waals surface area contributed by atoms with Crippen LogP contribution >= 0.6 is 0 Å². The Labute approximate surface area is 219 Å². The van der Waals surface area contributed by atoms with Gasteiger partial charge in [-0.05, 0) is 48.9 Å². The Balaban J connectivity index is 1.38. The van der Waals surface area contributed by atoms with Crippen LogP contribution in [0.3, 0.4) is 0 Å². The van der Waals surface area contributed by atoms with E-state index in [2.05, 4.69) is 35.6 Å². The molecule has 2 aromatic carbocycles. The molecule has 0 radical (unpaired) electrons. The molecular weight excluding hydrogens is 513 g/mol. The van der Waals surface area contributed by atoms with Gasteiger partial charge in [0.05, 0.1) is 10.9 Å². The summed E-state index contributed by atoms with van der Waals surface area (Å²) in [5.41, 5.74) is 0.872. The number of fused-ring (bicyclic) bond motifs is 1. The standard InChI is InChI=1S/C26H21F3N8O2/c1-14-3-4-15(11-20(14)36-25(39)37(2)23-19-5-6-30-22(19)33-13-34-23)24(38)35-18-10-16(21-31-7-8-32-21)9-17(12-18)26(27,28)29/h3-13H,1-2H3,(H,31,32)(H,35,38)(H,36,39)(H,30,33,34). The molecule has 198 valence electrons. The lowest BCUT2D eigenvalue weighted by atomic mass is 10.1. The molecule has 0 aliphatic carbocycles. The number of H-pyrrole nitrogens is 2. The number of hydrogen-bond donors (Lipinski definition) is 4. The third kappa shape index (κ3) is 5.28. The number of amides is 3. The molecule has 0 fully saturated rings. The normalized spacial score (nSPS) is 11.4. The second-order valence-corrected chi connectivity index (χ2v) is 8.64. The summed E-state index contributed by atoms with van der Waals surface area (Å²) in [5.74, 6) is -0.0581. The van der Waals surface area contributed by atoms with Gasteiger partial charge in [-0.25, -0.2) is 19.7 Å². The van der Waals surface area contributed by atoms with Crippen molar-refractivity contribution in [2.24, 2.45) is 0 Å². The van der Waals surface area contributed by atoms with Crippen molar-refractivity contribution in [1.29, 1.82) is 0 Å². The molecule has 10 nitrogen and oxygen atoms in total. The van der Waals surface area contributed by atoms with Crippen molar-refractivity contribution >= 4 is 40.2 Å². The van der Waals surface area contributed by atoms with Crippen molar-refractivity contribution < 1.29 is 22.8 Å². The second kappa shape index (κ2) is 9.93. The van der Waals surface area contributed by atoms with Crippen LogP contribution in [0.2, 0.25) is 0 Å². The summed E-state index contributed by atoms with van der Waals surface area (Å²) < 4.78 is 40.6. The predicted molar refractivity (Wildman–Crippen MR) is 139 cm³/mol. The number of benzene rings is 2. The summed E-state index contributed by atoms with van der Waals surface area (Å²) in [5, 5.41) is 5.92. The lowest BCUT2D eigenvalue weighted by Gasteiger charge is -2.19. The number of hydrogen-bond acceptors (Lipinski definition) is 5. The lowest BCUT2D eigenvalue weighted by molar-refractivity contribution is -0.137. The molecule has 0 saturated carbocycles. The van der Waals surface area contributed by atoms with Gasteiger partial charge in [0, 0.05) is 48.1 Å². The van der Waals surface area contributed by atoms with E-state index in [9.17, 15) is 22.8 Å². The van der Waals surface area contributed by atoms with Gasteiger partial charge >= 0.3 is 12.2 Å². The molecule has 0 aliphatic heterocycles. The number of carbonyl (C=O) groups is 2. The van der Waals surface area contributed by atoms with Gasteiger partial charge in [0.15, 0.2) is 0 Å². The number of alkyl halides is 3. The van der Waals surface area contributed by atoms with Gasteiger partial charge in [-0.1, -0.05) is 6.07 Å². The number of urea groups is 1. The van der Waals surface area contributed by atoms with E-state index in [1.165, 1.54) is 41.8 Å². The Kier molecular flexibility index (Phi) is 6.48. The molecule has 39 heavy (non-hydrogen) atoms. The number of nitrogens with one attached hydrogen (secondary N) is 4. The second-order valence-electron chi connectivity index (χ2n) is 8.64. The number of aryl methyl sites for hydroxylation is 1. The fourth-order valence-corrected chi connectivity index (χ4v) is 3.95. The zero-order chi connectivity index (χ0) is 27.7. The average molecular weight is 535 g/mol. The minimum absolute atomic E-state index is 0.0635. The molecule has 0 atom stereocenters. The van der Waals surface area contributed by atoms with Crippen molar-refractivity contribution in [3.05, 3.63) is 84.1 Å². The molecule has 0 unspecified atom stereocenters. The Morgan fingerprint density at radius 1 is 0.949 bits per heavy atom. The van der Waals surface area contributed by atoms with Crippen LogP contribution in [0.1, 0.15) is 21.5 Å². The van der Waals surface area contributed by atoms with Gasteiger partial charge in [0.1, 0.15) is 23.6 Å². The van der Waals surface area contributed by atoms with Gasteiger partial charge < -0.3 is 20.6 Å². The molecule has 3 amide bonds. The first-order valence-corrected chi connectivity index (χ1v) is 11.6. The fraction of sp³-hybridized carbons (Fsp3) is 0.115. The van der Waals surface area contributed by atoms with Crippen molar-refractivity contribution in [3.8, 4) is 11.4 Å². The number of anilines is 3. The van der Waals surface area contributed by atoms with Crippen molar-refractivity contribution in [3.63, 3.8) is 0 Å². The third-order valence-electron chi connectivity index (χ3n) is 5.99. The van der Waals surface area contributed by atoms with Crippen LogP contribution in [0.4, 0.5) is 35.2 Å². The molecule has 3 aromatic heterocycles.